The van der Waals surface area contributed by atoms with Crippen LogP contribution in [0.25, 0.3) is 0 Å². The van der Waals surface area contributed by atoms with Gasteiger partial charge in [0, 0.05) is 50.7 Å². The van der Waals surface area contributed by atoms with Gasteiger partial charge in [0.05, 0.1) is 10.7 Å². The number of nitrogens with zero attached hydrogens (tertiary/aromatic N) is 3. The van der Waals surface area contributed by atoms with Gasteiger partial charge in [-0.2, -0.15) is 0 Å². The molecule has 0 amide bonds. The van der Waals surface area contributed by atoms with Crippen molar-refractivity contribution >= 4 is 17.3 Å². The quantitative estimate of drug-likeness (QED) is 0.869. The van der Waals surface area contributed by atoms with Gasteiger partial charge in [0.25, 0.3) is 0 Å². The van der Waals surface area contributed by atoms with E-state index in [1.165, 1.54) is 18.3 Å². The standard InChI is InChI=1S/C16H16ClFN3/c17-13-2-1-3-16(10-13)21-8-6-20(7-9-21)12-15-11-14(18)4-5-19-15/h1,3-5,10-11H,6-9,12H2. The number of hydrogen-bond donors (Lipinski definition) is 0. The first-order chi connectivity index (χ1) is 10.2. The third kappa shape index (κ3) is 3.71. The molecule has 0 bridgehead atoms. The Hall–Kier alpha value is -1.65. The smallest absolute Gasteiger partial charge is 0.126 e. The fourth-order valence-electron chi connectivity index (χ4n) is 2.55. The van der Waals surface area contributed by atoms with E-state index in [9.17, 15) is 4.39 Å². The number of piperazine rings is 1. The first-order valence-electron chi connectivity index (χ1n) is 6.96. The van der Waals surface area contributed by atoms with Gasteiger partial charge in [-0.1, -0.05) is 17.7 Å². The maximum Gasteiger partial charge on any atom is 0.126 e. The largest absolute Gasteiger partial charge is 0.369 e. The van der Waals surface area contributed by atoms with Crippen LogP contribution in [0.4, 0.5) is 10.1 Å². The van der Waals surface area contributed by atoms with E-state index in [2.05, 4.69) is 20.9 Å². The van der Waals surface area contributed by atoms with Crippen LogP contribution in [0.5, 0.6) is 0 Å². The van der Waals surface area contributed by atoms with Gasteiger partial charge >= 0.3 is 0 Å². The molecule has 2 aromatic rings. The number of aromatic nitrogens is 1. The minimum absolute atomic E-state index is 0.228. The van der Waals surface area contributed by atoms with Crippen molar-refractivity contribution in [3.05, 3.63) is 59.1 Å². The van der Waals surface area contributed by atoms with Crippen molar-refractivity contribution in [2.24, 2.45) is 0 Å². The van der Waals surface area contributed by atoms with Gasteiger partial charge in [0.1, 0.15) is 5.82 Å². The highest BCUT2D eigenvalue weighted by Crippen LogP contribution is 2.20. The van der Waals surface area contributed by atoms with Gasteiger partial charge in [-0.3, -0.25) is 9.88 Å². The van der Waals surface area contributed by atoms with Gasteiger partial charge in [-0.25, -0.2) is 4.39 Å². The molecule has 0 aliphatic carbocycles. The highest BCUT2D eigenvalue weighted by Gasteiger charge is 2.17. The Morgan fingerprint density at radius 3 is 2.71 bits per heavy atom. The predicted octanol–water partition coefficient (Wildman–Crippen LogP) is 3.00. The lowest BCUT2D eigenvalue weighted by Gasteiger charge is -2.36. The van der Waals surface area contributed by atoms with Crippen LogP contribution in [0.3, 0.4) is 0 Å². The molecule has 0 spiro atoms. The number of anilines is 1. The second-order valence-corrected chi connectivity index (χ2v) is 5.53. The molecule has 0 saturated carbocycles. The SMILES string of the molecule is Fc1ccnc(CN2CCN(c3cc[c]c(Cl)c3)CC2)c1. The van der Waals surface area contributed by atoms with Crippen molar-refractivity contribution in [2.45, 2.75) is 6.54 Å². The molecule has 2 heterocycles. The fraction of sp³-hybridized carbons (Fsp3) is 0.312. The molecule has 21 heavy (non-hydrogen) atoms. The van der Waals surface area contributed by atoms with Crippen molar-refractivity contribution < 1.29 is 4.39 Å². The van der Waals surface area contributed by atoms with E-state index in [1.54, 1.807) is 0 Å². The second-order valence-electron chi connectivity index (χ2n) is 5.12. The van der Waals surface area contributed by atoms with Gasteiger partial charge < -0.3 is 4.90 Å². The van der Waals surface area contributed by atoms with Crippen molar-refractivity contribution in [3.8, 4) is 0 Å². The molecule has 0 N–H and O–H groups in total. The van der Waals surface area contributed by atoms with E-state index >= 15 is 0 Å². The lowest BCUT2D eigenvalue weighted by atomic mass is 10.2. The van der Waals surface area contributed by atoms with E-state index in [0.29, 0.717) is 11.6 Å². The Bertz CT molecular complexity index is 612. The van der Waals surface area contributed by atoms with Crippen molar-refractivity contribution in [2.75, 3.05) is 31.1 Å². The number of rotatable bonds is 3. The summed E-state index contributed by atoms with van der Waals surface area (Å²) in [5.74, 6) is -0.228. The molecule has 3 rings (SSSR count). The Labute approximate surface area is 129 Å². The minimum atomic E-state index is -0.228. The maximum atomic E-state index is 13.2. The molecular weight excluding hydrogens is 289 g/mol. The predicted molar refractivity (Wildman–Crippen MR) is 82.0 cm³/mol. The molecule has 0 unspecified atom stereocenters. The van der Waals surface area contributed by atoms with Crippen molar-refractivity contribution in [1.29, 1.82) is 0 Å². The highest BCUT2D eigenvalue weighted by atomic mass is 35.5. The lowest BCUT2D eigenvalue weighted by Crippen LogP contribution is -2.46. The molecule has 5 heteroatoms. The molecule has 1 aromatic carbocycles. The summed E-state index contributed by atoms with van der Waals surface area (Å²) in [7, 11) is 0. The maximum absolute atomic E-state index is 13.2. The Morgan fingerprint density at radius 1 is 1.19 bits per heavy atom. The summed E-state index contributed by atoms with van der Waals surface area (Å²) in [6, 6.07) is 11.6. The van der Waals surface area contributed by atoms with Crippen LogP contribution in [0.2, 0.25) is 5.02 Å². The molecule has 1 fully saturated rings. The molecular formula is C16H16ClFN3. The van der Waals surface area contributed by atoms with Crippen molar-refractivity contribution in [3.63, 3.8) is 0 Å². The Morgan fingerprint density at radius 2 is 2.00 bits per heavy atom. The van der Waals surface area contributed by atoms with Crippen LogP contribution >= 0.6 is 11.6 Å². The number of pyridine rings is 1. The van der Waals surface area contributed by atoms with E-state index < -0.39 is 0 Å². The average molecular weight is 305 g/mol. The molecule has 1 aliphatic heterocycles. The van der Waals surface area contributed by atoms with Crippen LogP contribution in [0, 0.1) is 11.9 Å². The Kier molecular flexibility index (Phi) is 4.36. The summed E-state index contributed by atoms with van der Waals surface area (Å²) in [4.78, 5) is 8.79. The molecule has 3 nitrogen and oxygen atoms in total. The molecule has 1 saturated heterocycles. The van der Waals surface area contributed by atoms with E-state index in [4.69, 9.17) is 11.6 Å². The Balaban J connectivity index is 1.58. The number of halogens is 2. The normalized spacial score (nSPS) is 16.2. The zero-order valence-corrected chi connectivity index (χ0v) is 12.4. The summed E-state index contributed by atoms with van der Waals surface area (Å²) >= 11 is 5.98. The third-order valence-electron chi connectivity index (χ3n) is 3.65. The van der Waals surface area contributed by atoms with Crippen LogP contribution in [-0.4, -0.2) is 36.1 Å². The summed E-state index contributed by atoms with van der Waals surface area (Å²) in [6.07, 6.45) is 1.52. The van der Waals surface area contributed by atoms with E-state index in [1.807, 2.05) is 18.2 Å². The first kappa shape index (κ1) is 14.3. The zero-order chi connectivity index (χ0) is 14.7. The molecule has 0 atom stereocenters. The minimum Gasteiger partial charge on any atom is -0.369 e. The van der Waals surface area contributed by atoms with Gasteiger partial charge in [0.2, 0.25) is 0 Å². The van der Waals surface area contributed by atoms with E-state index in [-0.39, 0.29) is 5.82 Å². The first-order valence-corrected chi connectivity index (χ1v) is 7.33. The topological polar surface area (TPSA) is 19.4 Å². The monoisotopic (exact) mass is 304 g/mol. The van der Waals surface area contributed by atoms with Gasteiger partial charge in [-0.15, -0.1) is 0 Å². The van der Waals surface area contributed by atoms with Crippen LogP contribution < -0.4 is 4.90 Å². The summed E-state index contributed by atoms with van der Waals surface area (Å²) in [5, 5.41) is 0.638. The third-order valence-corrected chi connectivity index (χ3v) is 3.87. The second kappa shape index (κ2) is 6.41. The summed E-state index contributed by atoms with van der Waals surface area (Å²) in [6.45, 7) is 4.39. The highest BCUT2D eigenvalue weighted by molar-refractivity contribution is 6.30. The number of benzene rings is 1. The fourth-order valence-corrected chi connectivity index (χ4v) is 2.73. The van der Waals surface area contributed by atoms with Crippen LogP contribution in [-0.2, 0) is 6.54 Å². The van der Waals surface area contributed by atoms with Gasteiger partial charge in [0.15, 0.2) is 0 Å². The lowest BCUT2D eigenvalue weighted by molar-refractivity contribution is 0.247. The molecule has 1 aromatic heterocycles. The molecule has 1 aliphatic rings. The number of hydrogen-bond acceptors (Lipinski definition) is 3. The zero-order valence-electron chi connectivity index (χ0n) is 11.6. The average Bonchev–Trinajstić information content (AvgIpc) is 2.48. The van der Waals surface area contributed by atoms with Gasteiger partial charge in [-0.05, 0) is 24.3 Å². The van der Waals surface area contributed by atoms with Crippen molar-refractivity contribution in [1.82, 2.24) is 9.88 Å². The molecule has 1 radical (unpaired) electrons. The van der Waals surface area contributed by atoms with Crippen LogP contribution in [0.1, 0.15) is 5.69 Å². The summed E-state index contributed by atoms with van der Waals surface area (Å²) < 4.78 is 13.2. The van der Waals surface area contributed by atoms with E-state index in [0.717, 1.165) is 37.6 Å². The van der Waals surface area contributed by atoms with Crippen LogP contribution in [0.15, 0.2) is 36.5 Å². The summed E-state index contributed by atoms with van der Waals surface area (Å²) in [5.41, 5.74) is 1.91. The molecule has 109 valence electrons.